The van der Waals surface area contributed by atoms with Gasteiger partial charge in [-0.2, -0.15) is 0 Å². The Morgan fingerprint density at radius 2 is 2.10 bits per heavy atom. The van der Waals surface area contributed by atoms with Crippen LogP contribution >= 0.6 is 0 Å². The zero-order valence-electron chi connectivity index (χ0n) is 18.4. The van der Waals surface area contributed by atoms with Crippen LogP contribution in [0.2, 0.25) is 0 Å². The summed E-state index contributed by atoms with van der Waals surface area (Å²) in [6.07, 6.45) is 6.20. The molecule has 1 aliphatic carbocycles. The lowest BCUT2D eigenvalue weighted by molar-refractivity contribution is -0.147. The van der Waals surface area contributed by atoms with Crippen LogP contribution in [0.3, 0.4) is 0 Å². The van der Waals surface area contributed by atoms with Crippen LogP contribution < -0.4 is 10.5 Å². The summed E-state index contributed by atoms with van der Waals surface area (Å²) in [6, 6.07) is 6.27. The van der Waals surface area contributed by atoms with E-state index in [0.29, 0.717) is 0 Å². The predicted molar refractivity (Wildman–Crippen MR) is 115 cm³/mol. The van der Waals surface area contributed by atoms with Crippen molar-refractivity contribution in [3.05, 3.63) is 29.3 Å². The highest BCUT2D eigenvalue weighted by atomic mass is 16.5. The molecule has 6 heteroatoms. The normalized spacial score (nSPS) is 28.2. The van der Waals surface area contributed by atoms with Crippen LogP contribution in [0.1, 0.15) is 56.6 Å². The second kappa shape index (κ2) is 9.25. The number of hydrogen-bond donors (Lipinski definition) is 1. The Hall–Kier alpha value is -1.63. The number of carbonyl (C=O) groups excluding carboxylic acids is 1. The monoisotopic (exact) mass is 416 g/mol. The molecule has 1 spiro atoms. The van der Waals surface area contributed by atoms with Crippen molar-refractivity contribution >= 4 is 5.91 Å². The highest BCUT2D eigenvalue weighted by Crippen LogP contribution is 2.43. The maximum atomic E-state index is 13.2. The summed E-state index contributed by atoms with van der Waals surface area (Å²) in [7, 11) is 1.70. The molecule has 1 aromatic rings. The summed E-state index contributed by atoms with van der Waals surface area (Å²) >= 11 is 0. The van der Waals surface area contributed by atoms with Crippen LogP contribution in [0, 0.1) is 5.92 Å². The van der Waals surface area contributed by atoms with Gasteiger partial charge in [0.15, 0.2) is 0 Å². The van der Waals surface area contributed by atoms with Crippen molar-refractivity contribution in [1.29, 1.82) is 0 Å². The number of nitrogens with two attached hydrogens (primary N) is 1. The van der Waals surface area contributed by atoms with Crippen molar-refractivity contribution in [2.24, 2.45) is 11.7 Å². The fourth-order valence-corrected chi connectivity index (χ4v) is 5.42. The van der Waals surface area contributed by atoms with Crippen molar-refractivity contribution < 1.29 is 19.0 Å². The Morgan fingerprint density at radius 3 is 2.80 bits per heavy atom. The summed E-state index contributed by atoms with van der Waals surface area (Å²) in [5, 5.41) is 0. The van der Waals surface area contributed by atoms with Gasteiger partial charge in [0.1, 0.15) is 5.75 Å². The third-order valence-corrected chi connectivity index (χ3v) is 7.15. The van der Waals surface area contributed by atoms with Gasteiger partial charge in [0.05, 0.1) is 25.4 Å². The number of likely N-dealkylation sites (tertiary alicyclic amines) is 1. The molecule has 4 rings (SSSR count). The second-order valence-corrected chi connectivity index (χ2v) is 9.02. The maximum absolute atomic E-state index is 13.2. The summed E-state index contributed by atoms with van der Waals surface area (Å²) < 4.78 is 17.6. The average molecular weight is 417 g/mol. The predicted octanol–water partition coefficient (Wildman–Crippen LogP) is 3.01. The smallest absolute Gasteiger partial charge is 0.225 e. The SMILES string of the molecule is CCCO[C@@H]1CC[C@H](C(=O)N2CCC3(CC2)OCCc2cc(OC)ccc23)C[C@H]1N. The Morgan fingerprint density at radius 1 is 1.30 bits per heavy atom. The average Bonchev–Trinajstić information content (AvgIpc) is 2.78. The number of benzene rings is 1. The first-order chi connectivity index (χ1) is 14.6. The minimum absolute atomic E-state index is 0.0272. The van der Waals surface area contributed by atoms with Crippen LogP contribution in [-0.4, -0.2) is 56.4 Å². The molecule has 1 saturated heterocycles. The van der Waals surface area contributed by atoms with Gasteiger partial charge in [0.25, 0.3) is 0 Å². The molecule has 1 saturated carbocycles. The number of piperidine rings is 1. The lowest BCUT2D eigenvalue weighted by Crippen LogP contribution is -2.52. The number of fused-ring (bicyclic) bond motifs is 2. The van der Waals surface area contributed by atoms with E-state index in [2.05, 4.69) is 19.1 Å². The van der Waals surface area contributed by atoms with E-state index in [4.69, 9.17) is 19.9 Å². The molecule has 166 valence electrons. The van der Waals surface area contributed by atoms with Crippen molar-refractivity contribution in [3.63, 3.8) is 0 Å². The van der Waals surface area contributed by atoms with Crippen molar-refractivity contribution in [2.75, 3.05) is 33.4 Å². The number of hydrogen-bond acceptors (Lipinski definition) is 5. The molecule has 6 nitrogen and oxygen atoms in total. The fraction of sp³-hybridized carbons (Fsp3) is 0.708. The number of ether oxygens (including phenoxy) is 3. The van der Waals surface area contributed by atoms with Gasteiger partial charge in [-0.3, -0.25) is 4.79 Å². The number of amides is 1. The summed E-state index contributed by atoms with van der Waals surface area (Å²) in [4.78, 5) is 15.2. The molecule has 30 heavy (non-hydrogen) atoms. The van der Waals surface area contributed by atoms with Gasteiger partial charge in [0.2, 0.25) is 5.91 Å². The third kappa shape index (κ3) is 4.23. The van der Waals surface area contributed by atoms with E-state index in [9.17, 15) is 4.79 Å². The lowest BCUT2D eigenvalue weighted by Gasteiger charge is -2.46. The molecular weight excluding hydrogens is 380 g/mol. The minimum atomic E-state index is -0.265. The minimum Gasteiger partial charge on any atom is -0.497 e. The van der Waals surface area contributed by atoms with Gasteiger partial charge in [-0.15, -0.1) is 0 Å². The topological polar surface area (TPSA) is 74.0 Å². The Kier molecular flexibility index (Phi) is 6.66. The van der Waals surface area contributed by atoms with Crippen molar-refractivity contribution in [3.8, 4) is 5.75 Å². The number of nitrogens with zero attached hydrogens (tertiary/aromatic N) is 1. The molecule has 0 unspecified atom stereocenters. The summed E-state index contributed by atoms with van der Waals surface area (Å²) in [5.41, 5.74) is 8.67. The highest BCUT2D eigenvalue weighted by molar-refractivity contribution is 5.79. The molecule has 0 bridgehead atoms. The Bertz CT molecular complexity index is 745. The van der Waals surface area contributed by atoms with Crippen LogP contribution in [0.5, 0.6) is 5.75 Å². The van der Waals surface area contributed by atoms with Gasteiger partial charge in [-0.25, -0.2) is 0 Å². The second-order valence-electron chi connectivity index (χ2n) is 9.02. The van der Waals surface area contributed by atoms with E-state index < -0.39 is 0 Å². The lowest BCUT2D eigenvalue weighted by atomic mass is 9.78. The Labute approximate surface area is 180 Å². The highest BCUT2D eigenvalue weighted by Gasteiger charge is 2.43. The molecule has 0 aromatic heterocycles. The first-order valence-corrected chi connectivity index (χ1v) is 11.5. The van der Waals surface area contributed by atoms with Crippen molar-refractivity contribution in [2.45, 2.75) is 69.6 Å². The molecular formula is C24H36N2O4. The molecule has 2 heterocycles. The van der Waals surface area contributed by atoms with Gasteiger partial charge < -0.3 is 24.8 Å². The van der Waals surface area contributed by atoms with E-state index in [1.54, 1.807) is 7.11 Å². The summed E-state index contributed by atoms with van der Waals surface area (Å²) in [6.45, 7) is 5.07. The van der Waals surface area contributed by atoms with E-state index in [-0.39, 0.29) is 29.6 Å². The molecule has 2 fully saturated rings. The van der Waals surface area contributed by atoms with E-state index in [0.717, 1.165) is 77.0 Å². The molecule has 0 radical (unpaired) electrons. The zero-order chi connectivity index (χ0) is 21.1. The Balaban J connectivity index is 1.37. The standard InChI is InChI=1S/C24H36N2O4/c1-3-13-29-22-7-4-18(16-21(22)25)23(27)26-11-9-24(10-12-26)20-6-5-19(28-2)15-17(20)8-14-30-24/h5-6,15,18,21-22H,3-4,7-14,16,25H2,1-2H3/t18-,21+,22+/m0/s1. The number of rotatable bonds is 5. The third-order valence-electron chi connectivity index (χ3n) is 7.15. The summed E-state index contributed by atoms with van der Waals surface area (Å²) in [5.74, 6) is 1.19. The van der Waals surface area contributed by atoms with Crippen LogP contribution in [-0.2, 0) is 26.3 Å². The van der Waals surface area contributed by atoms with Crippen LogP contribution in [0.25, 0.3) is 0 Å². The van der Waals surface area contributed by atoms with Crippen LogP contribution in [0.15, 0.2) is 18.2 Å². The first-order valence-electron chi connectivity index (χ1n) is 11.5. The number of methoxy groups -OCH3 is 1. The van der Waals surface area contributed by atoms with Crippen molar-refractivity contribution in [1.82, 2.24) is 4.90 Å². The van der Waals surface area contributed by atoms with E-state index in [1.807, 2.05) is 11.0 Å². The van der Waals surface area contributed by atoms with E-state index in [1.165, 1.54) is 11.1 Å². The molecule has 2 aliphatic heterocycles. The molecule has 3 atom stereocenters. The molecule has 2 N–H and O–H groups in total. The maximum Gasteiger partial charge on any atom is 0.225 e. The first kappa shape index (κ1) is 21.6. The van der Waals surface area contributed by atoms with Gasteiger partial charge in [-0.1, -0.05) is 13.0 Å². The molecule has 3 aliphatic rings. The molecule has 1 amide bonds. The van der Waals surface area contributed by atoms with Crippen LogP contribution in [0.4, 0.5) is 0 Å². The number of carbonyl (C=O) groups is 1. The molecule has 1 aromatic carbocycles. The largest absolute Gasteiger partial charge is 0.497 e. The fourth-order valence-electron chi connectivity index (χ4n) is 5.42. The van der Waals surface area contributed by atoms with Gasteiger partial charge in [-0.05, 0) is 68.2 Å². The van der Waals surface area contributed by atoms with E-state index >= 15 is 0 Å². The van der Waals surface area contributed by atoms with Gasteiger partial charge in [0, 0.05) is 31.7 Å². The zero-order valence-corrected chi connectivity index (χ0v) is 18.4. The van der Waals surface area contributed by atoms with Gasteiger partial charge >= 0.3 is 0 Å². The quantitative estimate of drug-likeness (QED) is 0.799.